The zero-order valence-electron chi connectivity index (χ0n) is 13.2. The van der Waals surface area contributed by atoms with Crippen LogP contribution in [-0.4, -0.2) is 50.6 Å². The van der Waals surface area contributed by atoms with E-state index in [4.69, 9.17) is 14.2 Å². The molecule has 0 spiro atoms. The number of carbonyl (C=O) groups excluding carboxylic acids is 1. The molecule has 1 fully saturated rings. The van der Waals surface area contributed by atoms with Gasteiger partial charge in [0.05, 0.1) is 25.9 Å². The Morgan fingerprint density at radius 3 is 2.80 bits per heavy atom. The van der Waals surface area contributed by atoms with Gasteiger partial charge in [-0.05, 0) is 39.7 Å². The summed E-state index contributed by atoms with van der Waals surface area (Å²) in [5, 5.41) is 3.19. The topological polar surface area (TPSA) is 56.8 Å². The number of esters is 1. The Bertz CT molecular complexity index is 292. The molecule has 0 bridgehead atoms. The summed E-state index contributed by atoms with van der Waals surface area (Å²) < 4.78 is 16.4. The fraction of sp³-hybridized carbons (Fsp3) is 0.933. The number of rotatable bonds is 8. The lowest BCUT2D eigenvalue weighted by molar-refractivity contribution is -0.150. The van der Waals surface area contributed by atoms with Crippen molar-refractivity contribution in [2.75, 3.05) is 26.9 Å². The van der Waals surface area contributed by atoms with Gasteiger partial charge >= 0.3 is 5.97 Å². The molecule has 1 N–H and O–H groups in total. The van der Waals surface area contributed by atoms with Gasteiger partial charge in [-0.15, -0.1) is 0 Å². The maximum Gasteiger partial charge on any atom is 0.325 e. The number of hydrogen-bond acceptors (Lipinski definition) is 5. The van der Waals surface area contributed by atoms with Gasteiger partial charge in [-0.2, -0.15) is 0 Å². The third kappa shape index (κ3) is 5.38. The lowest BCUT2D eigenvalue weighted by Crippen LogP contribution is -2.52. The first-order chi connectivity index (χ1) is 9.51. The predicted molar refractivity (Wildman–Crippen MR) is 77.7 cm³/mol. The van der Waals surface area contributed by atoms with Crippen LogP contribution >= 0.6 is 0 Å². The summed E-state index contributed by atoms with van der Waals surface area (Å²) in [5.74, 6) is -0.247. The largest absolute Gasteiger partial charge is 0.468 e. The van der Waals surface area contributed by atoms with Gasteiger partial charge in [0.25, 0.3) is 0 Å². The van der Waals surface area contributed by atoms with Crippen molar-refractivity contribution >= 4 is 5.97 Å². The highest BCUT2D eigenvalue weighted by Gasteiger charge is 2.35. The van der Waals surface area contributed by atoms with E-state index in [1.807, 2.05) is 20.8 Å². The molecule has 5 heteroatoms. The van der Waals surface area contributed by atoms with E-state index in [1.54, 1.807) is 0 Å². The first kappa shape index (κ1) is 17.4. The molecule has 1 aliphatic heterocycles. The lowest BCUT2D eigenvalue weighted by Gasteiger charge is -2.31. The second-order valence-corrected chi connectivity index (χ2v) is 5.69. The average molecular weight is 287 g/mol. The maximum absolute atomic E-state index is 11.9. The molecule has 0 aromatic rings. The molecule has 0 aromatic carbocycles. The second kappa shape index (κ2) is 8.60. The van der Waals surface area contributed by atoms with Gasteiger partial charge in [-0.1, -0.05) is 6.92 Å². The Balaban J connectivity index is 2.40. The van der Waals surface area contributed by atoms with Crippen molar-refractivity contribution in [3.8, 4) is 0 Å². The molecule has 1 rings (SSSR count). The molecule has 1 aliphatic rings. The van der Waals surface area contributed by atoms with Gasteiger partial charge in [0.2, 0.25) is 0 Å². The molecule has 1 saturated heterocycles. The molecule has 0 radical (unpaired) electrons. The Morgan fingerprint density at radius 1 is 1.50 bits per heavy atom. The normalized spacial score (nSPS) is 23.9. The standard InChI is InChI=1S/C15H29NO4/c1-5-16-15(3,14(17)18-4)10-12(2)20-11-13-8-6-7-9-19-13/h12-13,16H,5-11H2,1-4H3. The number of likely N-dealkylation sites (N-methyl/N-ethyl adjacent to an activating group) is 1. The quantitative estimate of drug-likeness (QED) is 0.691. The van der Waals surface area contributed by atoms with E-state index in [9.17, 15) is 4.79 Å². The molecular weight excluding hydrogens is 258 g/mol. The second-order valence-electron chi connectivity index (χ2n) is 5.69. The van der Waals surface area contributed by atoms with Gasteiger partial charge in [0, 0.05) is 13.0 Å². The number of methoxy groups -OCH3 is 1. The van der Waals surface area contributed by atoms with Crippen molar-refractivity contribution in [3.05, 3.63) is 0 Å². The molecule has 0 saturated carbocycles. The van der Waals surface area contributed by atoms with Crippen molar-refractivity contribution in [1.82, 2.24) is 5.32 Å². The van der Waals surface area contributed by atoms with E-state index < -0.39 is 5.54 Å². The van der Waals surface area contributed by atoms with E-state index in [1.165, 1.54) is 13.5 Å². The molecule has 5 nitrogen and oxygen atoms in total. The van der Waals surface area contributed by atoms with E-state index >= 15 is 0 Å². The molecular formula is C15H29NO4. The van der Waals surface area contributed by atoms with Crippen LogP contribution in [0.5, 0.6) is 0 Å². The Hall–Kier alpha value is -0.650. The molecule has 1 heterocycles. The van der Waals surface area contributed by atoms with E-state index in [-0.39, 0.29) is 18.2 Å². The molecule has 3 unspecified atom stereocenters. The summed E-state index contributed by atoms with van der Waals surface area (Å²) in [6.45, 7) is 7.97. The van der Waals surface area contributed by atoms with Crippen LogP contribution in [0.4, 0.5) is 0 Å². The van der Waals surface area contributed by atoms with E-state index in [2.05, 4.69) is 5.32 Å². The van der Waals surface area contributed by atoms with Crippen molar-refractivity contribution in [2.45, 2.75) is 64.2 Å². The van der Waals surface area contributed by atoms with Gasteiger partial charge in [0.15, 0.2) is 0 Å². The Labute approximate surface area is 122 Å². The van der Waals surface area contributed by atoms with Crippen LogP contribution in [0.3, 0.4) is 0 Å². The summed E-state index contributed by atoms with van der Waals surface area (Å²) in [5.41, 5.74) is -0.698. The fourth-order valence-corrected chi connectivity index (χ4v) is 2.69. The molecule has 0 aromatic heterocycles. The minimum absolute atomic E-state index is 0.0244. The predicted octanol–water partition coefficient (Wildman–Crippen LogP) is 1.89. The molecule has 118 valence electrons. The van der Waals surface area contributed by atoms with Crippen LogP contribution in [0.1, 0.15) is 46.5 Å². The van der Waals surface area contributed by atoms with Crippen LogP contribution in [0, 0.1) is 0 Å². The fourth-order valence-electron chi connectivity index (χ4n) is 2.69. The molecule has 3 atom stereocenters. The van der Waals surface area contributed by atoms with Crippen molar-refractivity contribution < 1.29 is 19.0 Å². The van der Waals surface area contributed by atoms with Crippen molar-refractivity contribution in [3.63, 3.8) is 0 Å². The highest BCUT2D eigenvalue weighted by atomic mass is 16.5. The van der Waals surface area contributed by atoms with Gasteiger partial charge in [0.1, 0.15) is 5.54 Å². The van der Waals surface area contributed by atoms with Crippen LogP contribution in [0.15, 0.2) is 0 Å². The average Bonchev–Trinajstić information content (AvgIpc) is 2.45. The summed E-state index contributed by atoms with van der Waals surface area (Å²) >= 11 is 0. The van der Waals surface area contributed by atoms with Gasteiger partial charge in [-0.25, -0.2) is 0 Å². The molecule has 0 amide bonds. The number of carbonyl (C=O) groups is 1. The third-order valence-corrected chi connectivity index (χ3v) is 3.74. The summed E-state index contributed by atoms with van der Waals surface area (Å²) in [7, 11) is 1.42. The smallest absolute Gasteiger partial charge is 0.325 e. The SMILES string of the molecule is CCNC(C)(CC(C)OCC1CCCCO1)C(=O)OC. The van der Waals surface area contributed by atoms with Crippen LogP contribution in [0.25, 0.3) is 0 Å². The van der Waals surface area contributed by atoms with Crippen LogP contribution in [-0.2, 0) is 19.0 Å². The zero-order valence-corrected chi connectivity index (χ0v) is 13.2. The number of nitrogens with one attached hydrogen (secondary N) is 1. The molecule has 20 heavy (non-hydrogen) atoms. The maximum atomic E-state index is 11.9. The van der Waals surface area contributed by atoms with Crippen molar-refractivity contribution in [2.24, 2.45) is 0 Å². The number of hydrogen-bond donors (Lipinski definition) is 1. The monoisotopic (exact) mass is 287 g/mol. The minimum atomic E-state index is -0.698. The van der Waals surface area contributed by atoms with Crippen LogP contribution < -0.4 is 5.32 Å². The van der Waals surface area contributed by atoms with Crippen molar-refractivity contribution in [1.29, 1.82) is 0 Å². The third-order valence-electron chi connectivity index (χ3n) is 3.74. The van der Waals surface area contributed by atoms with Crippen LogP contribution in [0.2, 0.25) is 0 Å². The Kier molecular flexibility index (Phi) is 7.48. The minimum Gasteiger partial charge on any atom is -0.468 e. The number of ether oxygens (including phenoxy) is 3. The summed E-state index contributed by atoms with van der Waals surface area (Å²) in [6.07, 6.45) is 4.18. The lowest BCUT2D eigenvalue weighted by atomic mass is 9.94. The zero-order chi connectivity index (χ0) is 15.0. The van der Waals surface area contributed by atoms with Gasteiger partial charge < -0.3 is 19.5 Å². The summed E-state index contributed by atoms with van der Waals surface area (Å²) in [6, 6.07) is 0. The first-order valence-electron chi connectivity index (χ1n) is 7.58. The highest BCUT2D eigenvalue weighted by molar-refractivity contribution is 5.80. The highest BCUT2D eigenvalue weighted by Crippen LogP contribution is 2.18. The first-order valence-corrected chi connectivity index (χ1v) is 7.58. The van der Waals surface area contributed by atoms with E-state index in [0.717, 1.165) is 19.4 Å². The van der Waals surface area contributed by atoms with Gasteiger partial charge in [-0.3, -0.25) is 4.79 Å². The Morgan fingerprint density at radius 2 is 2.25 bits per heavy atom. The molecule has 0 aliphatic carbocycles. The van der Waals surface area contributed by atoms with E-state index in [0.29, 0.717) is 19.6 Å². The summed E-state index contributed by atoms with van der Waals surface area (Å²) in [4.78, 5) is 11.9.